The van der Waals surface area contributed by atoms with Crippen molar-refractivity contribution in [3.05, 3.63) is 42.6 Å². The molecule has 0 spiro atoms. The van der Waals surface area contributed by atoms with Crippen LogP contribution < -0.4 is 10.6 Å². The van der Waals surface area contributed by atoms with Crippen molar-refractivity contribution in [2.24, 2.45) is 7.05 Å². The Balaban J connectivity index is 1.40. The van der Waals surface area contributed by atoms with Crippen LogP contribution in [0.25, 0.3) is 16.6 Å². The number of rotatable bonds is 4. The number of aliphatic hydroxyl groups is 1. The summed E-state index contributed by atoms with van der Waals surface area (Å²) in [5.74, 6) is 1.47. The van der Waals surface area contributed by atoms with E-state index in [9.17, 15) is 5.11 Å². The number of pyridine rings is 1. The molecule has 1 saturated carbocycles. The first-order chi connectivity index (χ1) is 13.7. The highest BCUT2D eigenvalue weighted by molar-refractivity contribution is 5.83. The lowest BCUT2D eigenvalue weighted by Gasteiger charge is -2.26. The van der Waals surface area contributed by atoms with Crippen molar-refractivity contribution in [2.45, 2.75) is 37.8 Å². The first-order valence-electron chi connectivity index (χ1n) is 9.65. The van der Waals surface area contributed by atoms with Gasteiger partial charge in [-0.1, -0.05) is 6.07 Å². The van der Waals surface area contributed by atoms with Crippen LogP contribution >= 0.6 is 0 Å². The van der Waals surface area contributed by atoms with Crippen molar-refractivity contribution in [3.63, 3.8) is 0 Å². The maximum absolute atomic E-state index is 9.71. The van der Waals surface area contributed by atoms with E-state index < -0.39 is 0 Å². The summed E-state index contributed by atoms with van der Waals surface area (Å²) >= 11 is 0. The SMILES string of the molecule is Cn1ncc2ccc(Nc3nc4cccc(NC5CCC(O)CC5)n4n3)cc21. The number of nitrogens with one attached hydrogen (secondary N) is 2. The quantitative estimate of drug-likeness (QED) is 0.506. The van der Waals surface area contributed by atoms with Gasteiger partial charge in [-0.05, 0) is 56.0 Å². The van der Waals surface area contributed by atoms with Gasteiger partial charge in [-0.3, -0.25) is 4.68 Å². The molecule has 0 bridgehead atoms. The zero-order chi connectivity index (χ0) is 19.1. The summed E-state index contributed by atoms with van der Waals surface area (Å²) in [6.07, 6.45) is 5.30. The summed E-state index contributed by atoms with van der Waals surface area (Å²) in [6.45, 7) is 0. The maximum Gasteiger partial charge on any atom is 0.247 e. The molecule has 0 aliphatic heterocycles. The second-order valence-electron chi connectivity index (χ2n) is 7.43. The Bertz CT molecular complexity index is 1120. The number of benzene rings is 1. The van der Waals surface area contributed by atoms with Gasteiger partial charge in [0.25, 0.3) is 0 Å². The van der Waals surface area contributed by atoms with Gasteiger partial charge >= 0.3 is 0 Å². The largest absolute Gasteiger partial charge is 0.393 e. The van der Waals surface area contributed by atoms with E-state index in [4.69, 9.17) is 0 Å². The molecule has 0 radical (unpaired) electrons. The van der Waals surface area contributed by atoms with E-state index in [0.29, 0.717) is 12.0 Å². The van der Waals surface area contributed by atoms with Crippen molar-refractivity contribution in [1.29, 1.82) is 0 Å². The van der Waals surface area contributed by atoms with Crippen LogP contribution in [0.15, 0.2) is 42.6 Å². The maximum atomic E-state index is 9.71. The van der Waals surface area contributed by atoms with Gasteiger partial charge in [0.2, 0.25) is 5.95 Å². The molecule has 8 heteroatoms. The van der Waals surface area contributed by atoms with Gasteiger partial charge in [0, 0.05) is 24.2 Å². The predicted octanol–water partition coefficient (Wildman–Crippen LogP) is 3.08. The molecule has 4 aromatic rings. The van der Waals surface area contributed by atoms with Crippen LogP contribution in [0.1, 0.15) is 25.7 Å². The molecule has 1 aliphatic rings. The molecule has 3 N–H and O–H groups in total. The van der Waals surface area contributed by atoms with Crippen LogP contribution in [-0.4, -0.2) is 41.6 Å². The monoisotopic (exact) mass is 377 g/mol. The van der Waals surface area contributed by atoms with Crippen molar-refractivity contribution < 1.29 is 5.11 Å². The van der Waals surface area contributed by atoms with E-state index in [2.05, 4.69) is 25.8 Å². The molecule has 0 unspecified atom stereocenters. The number of aliphatic hydroxyl groups excluding tert-OH is 1. The van der Waals surface area contributed by atoms with Gasteiger partial charge in [0.1, 0.15) is 5.82 Å². The Morgan fingerprint density at radius 2 is 1.96 bits per heavy atom. The smallest absolute Gasteiger partial charge is 0.247 e. The number of nitrogens with zero attached hydrogens (tertiary/aromatic N) is 5. The average molecular weight is 377 g/mol. The van der Waals surface area contributed by atoms with Gasteiger partial charge in [-0.2, -0.15) is 14.6 Å². The van der Waals surface area contributed by atoms with Crippen LogP contribution in [-0.2, 0) is 7.05 Å². The number of hydrogen-bond acceptors (Lipinski definition) is 6. The van der Waals surface area contributed by atoms with E-state index >= 15 is 0 Å². The van der Waals surface area contributed by atoms with Crippen molar-refractivity contribution in [3.8, 4) is 0 Å². The number of anilines is 3. The first-order valence-corrected chi connectivity index (χ1v) is 9.65. The summed E-state index contributed by atoms with van der Waals surface area (Å²) < 4.78 is 3.68. The fourth-order valence-electron chi connectivity index (χ4n) is 3.85. The number of aryl methyl sites for hydroxylation is 1. The highest BCUT2D eigenvalue weighted by Gasteiger charge is 2.20. The minimum atomic E-state index is -0.159. The molecule has 3 heterocycles. The number of aromatic nitrogens is 5. The normalized spacial score (nSPS) is 19.9. The summed E-state index contributed by atoms with van der Waals surface area (Å²) in [5, 5.41) is 26.6. The fraction of sp³-hybridized carbons (Fsp3) is 0.350. The topological polar surface area (TPSA) is 92.3 Å². The van der Waals surface area contributed by atoms with E-state index in [1.54, 1.807) is 0 Å². The minimum absolute atomic E-state index is 0.159. The molecule has 3 aromatic heterocycles. The lowest BCUT2D eigenvalue weighted by Crippen LogP contribution is -2.29. The lowest BCUT2D eigenvalue weighted by atomic mass is 9.93. The van der Waals surface area contributed by atoms with E-state index in [-0.39, 0.29) is 6.10 Å². The third-order valence-electron chi connectivity index (χ3n) is 5.41. The molecule has 144 valence electrons. The molecule has 1 fully saturated rings. The molecule has 28 heavy (non-hydrogen) atoms. The van der Waals surface area contributed by atoms with Crippen LogP contribution in [0, 0.1) is 0 Å². The molecule has 0 saturated heterocycles. The fourth-order valence-corrected chi connectivity index (χ4v) is 3.85. The highest BCUT2D eigenvalue weighted by atomic mass is 16.3. The Morgan fingerprint density at radius 3 is 2.82 bits per heavy atom. The number of fused-ring (bicyclic) bond motifs is 2. The van der Waals surface area contributed by atoms with Gasteiger partial charge < -0.3 is 15.7 Å². The van der Waals surface area contributed by atoms with Crippen molar-refractivity contribution in [2.75, 3.05) is 10.6 Å². The Hall–Kier alpha value is -3.13. The average Bonchev–Trinajstić information content (AvgIpc) is 3.28. The molecule has 5 rings (SSSR count). The van der Waals surface area contributed by atoms with Crippen molar-refractivity contribution >= 4 is 34.0 Å². The predicted molar refractivity (Wildman–Crippen MR) is 109 cm³/mol. The summed E-state index contributed by atoms with van der Waals surface area (Å²) in [6, 6.07) is 12.4. The third kappa shape index (κ3) is 3.16. The highest BCUT2D eigenvalue weighted by Crippen LogP contribution is 2.24. The minimum Gasteiger partial charge on any atom is -0.393 e. The van der Waals surface area contributed by atoms with Crippen LogP contribution in [0.3, 0.4) is 0 Å². The Morgan fingerprint density at radius 1 is 1.11 bits per heavy atom. The summed E-state index contributed by atoms with van der Waals surface area (Å²) in [5.41, 5.74) is 2.75. The zero-order valence-corrected chi connectivity index (χ0v) is 15.7. The van der Waals surface area contributed by atoms with Gasteiger partial charge in [-0.25, -0.2) is 0 Å². The third-order valence-corrected chi connectivity index (χ3v) is 5.41. The van der Waals surface area contributed by atoms with Gasteiger partial charge in [-0.15, -0.1) is 5.10 Å². The first kappa shape index (κ1) is 17.0. The molecule has 0 atom stereocenters. The van der Waals surface area contributed by atoms with Gasteiger partial charge in [0.15, 0.2) is 5.65 Å². The second kappa shape index (κ2) is 6.79. The van der Waals surface area contributed by atoms with E-state index in [1.165, 1.54) is 0 Å². The molecular weight excluding hydrogens is 354 g/mol. The standard InChI is InChI=1S/C20H23N7O/c1-26-17-11-15(6-5-13(17)12-21-26)23-20-24-19-4-2-3-18(27(19)25-20)22-14-7-9-16(28)10-8-14/h2-6,11-12,14,16,22,28H,7-10H2,1H3,(H,23,25). The van der Waals surface area contributed by atoms with Crippen LogP contribution in [0.2, 0.25) is 0 Å². The second-order valence-corrected chi connectivity index (χ2v) is 7.43. The van der Waals surface area contributed by atoms with Crippen LogP contribution in [0.4, 0.5) is 17.5 Å². The Labute approximate surface area is 162 Å². The molecular formula is C20H23N7O. The molecule has 1 aromatic carbocycles. The van der Waals surface area contributed by atoms with E-state index in [1.807, 2.05) is 58.8 Å². The molecule has 0 amide bonds. The zero-order valence-electron chi connectivity index (χ0n) is 15.7. The van der Waals surface area contributed by atoms with Crippen molar-refractivity contribution in [1.82, 2.24) is 24.4 Å². The summed E-state index contributed by atoms with van der Waals surface area (Å²) in [7, 11) is 1.93. The lowest BCUT2D eigenvalue weighted by molar-refractivity contribution is 0.126. The molecule has 8 nitrogen and oxygen atoms in total. The number of hydrogen-bond donors (Lipinski definition) is 3. The van der Waals surface area contributed by atoms with E-state index in [0.717, 1.165) is 53.7 Å². The summed E-state index contributed by atoms with van der Waals surface area (Å²) in [4.78, 5) is 4.60. The molecule has 1 aliphatic carbocycles. The Kier molecular flexibility index (Phi) is 4.12. The van der Waals surface area contributed by atoms with Crippen LogP contribution in [0.5, 0.6) is 0 Å². The van der Waals surface area contributed by atoms with Gasteiger partial charge in [0.05, 0.1) is 17.8 Å².